The lowest BCUT2D eigenvalue weighted by Gasteiger charge is -2.24. The smallest absolute Gasteiger partial charge is 0.264 e. The number of nitrogens with one attached hydrogen (secondary N) is 1. The van der Waals surface area contributed by atoms with E-state index in [1.165, 1.54) is 12.1 Å². The highest BCUT2D eigenvalue weighted by molar-refractivity contribution is 7.92. The molecule has 8 heteroatoms. The van der Waals surface area contributed by atoms with Gasteiger partial charge in [0, 0.05) is 10.7 Å². The molecule has 0 fully saturated rings. The van der Waals surface area contributed by atoms with Crippen LogP contribution in [0, 0.1) is 13.8 Å². The summed E-state index contributed by atoms with van der Waals surface area (Å²) >= 11 is 6.17. The van der Waals surface area contributed by atoms with Crippen molar-refractivity contribution in [2.45, 2.75) is 18.7 Å². The molecule has 0 heterocycles. The summed E-state index contributed by atoms with van der Waals surface area (Å²) in [6, 6.07) is 27.5. The van der Waals surface area contributed by atoms with Crippen molar-refractivity contribution in [3.63, 3.8) is 0 Å². The quantitative estimate of drug-likeness (QED) is 0.284. The monoisotopic (exact) mass is 520 g/mol. The Balaban J connectivity index is 1.64. The highest BCUT2D eigenvalue weighted by atomic mass is 35.5. The molecule has 0 aromatic heterocycles. The summed E-state index contributed by atoms with van der Waals surface area (Å²) in [6.07, 6.45) is 0. The number of sulfonamides is 1. The number of nitrogens with zero attached hydrogens (tertiary/aromatic N) is 1. The number of para-hydroxylation sites is 1. The molecule has 4 rings (SSSR count). The predicted molar refractivity (Wildman–Crippen MR) is 143 cm³/mol. The number of ether oxygens (including phenoxy) is 1. The minimum atomic E-state index is -4.04. The fraction of sp³-hybridized carbons (Fsp3) is 0.107. The molecule has 4 aromatic rings. The van der Waals surface area contributed by atoms with Crippen LogP contribution < -0.4 is 14.4 Å². The van der Waals surface area contributed by atoms with Gasteiger partial charge in [-0.15, -0.1) is 0 Å². The van der Waals surface area contributed by atoms with Crippen molar-refractivity contribution in [2.75, 3.05) is 16.2 Å². The second kappa shape index (κ2) is 10.8. The van der Waals surface area contributed by atoms with Crippen molar-refractivity contribution < 1.29 is 17.9 Å². The van der Waals surface area contributed by atoms with Gasteiger partial charge in [-0.2, -0.15) is 0 Å². The summed E-state index contributed by atoms with van der Waals surface area (Å²) in [5, 5.41) is 3.28. The van der Waals surface area contributed by atoms with Crippen molar-refractivity contribution in [3.8, 4) is 11.5 Å². The van der Waals surface area contributed by atoms with Crippen molar-refractivity contribution in [1.29, 1.82) is 0 Å². The van der Waals surface area contributed by atoms with E-state index in [9.17, 15) is 13.2 Å². The van der Waals surface area contributed by atoms with Crippen LogP contribution >= 0.6 is 11.6 Å². The predicted octanol–water partition coefficient (Wildman–Crippen LogP) is 6.58. The van der Waals surface area contributed by atoms with Gasteiger partial charge in [0.2, 0.25) is 5.91 Å². The Morgan fingerprint density at radius 3 is 2.14 bits per heavy atom. The number of carbonyl (C=O) groups is 1. The number of aryl methyl sites for hydroxylation is 1. The number of hydrogen-bond donors (Lipinski definition) is 1. The average molecular weight is 521 g/mol. The van der Waals surface area contributed by atoms with Crippen LogP contribution in [0.4, 0.5) is 11.4 Å². The molecular formula is C28H25ClN2O4S. The molecule has 0 bridgehead atoms. The lowest BCUT2D eigenvalue weighted by Crippen LogP contribution is -2.38. The maximum Gasteiger partial charge on any atom is 0.264 e. The Hall–Kier alpha value is -3.81. The van der Waals surface area contributed by atoms with E-state index in [2.05, 4.69) is 5.32 Å². The molecule has 1 amide bonds. The third-order valence-corrected chi connectivity index (χ3v) is 7.74. The summed E-state index contributed by atoms with van der Waals surface area (Å²) in [7, 11) is -4.04. The topological polar surface area (TPSA) is 75.7 Å². The summed E-state index contributed by atoms with van der Waals surface area (Å²) in [5.41, 5.74) is 2.47. The van der Waals surface area contributed by atoms with Gasteiger partial charge < -0.3 is 10.1 Å². The molecule has 0 saturated carbocycles. The van der Waals surface area contributed by atoms with E-state index in [0.29, 0.717) is 33.5 Å². The van der Waals surface area contributed by atoms with Gasteiger partial charge in [0.25, 0.3) is 10.0 Å². The number of rotatable bonds is 8. The number of hydrogen-bond acceptors (Lipinski definition) is 4. The molecule has 4 aromatic carbocycles. The Morgan fingerprint density at radius 1 is 0.833 bits per heavy atom. The van der Waals surface area contributed by atoms with Gasteiger partial charge in [-0.1, -0.05) is 53.6 Å². The molecule has 0 atom stereocenters. The third-order valence-electron chi connectivity index (χ3n) is 5.54. The third kappa shape index (κ3) is 5.87. The summed E-state index contributed by atoms with van der Waals surface area (Å²) in [6.45, 7) is 3.23. The maximum atomic E-state index is 13.6. The van der Waals surface area contributed by atoms with E-state index in [1.807, 2.05) is 37.3 Å². The zero-order valence-electron chi connectivity index (χ0n) is 19.8. The number of anilines is 2. The molecule has 0 radical (unpaired) electrons. The molecule has 36 heavy (non-hydrogen) atoms. The van der Waals surface area contributed by atoms with Gasteiger partial charge in [0.15, 0.2) is 0 Å². The van der Waals surface area contributed by atoms with Gasteiger partial charge in [-0.05, 0) is 80.1 Å². The minimum absolute atomic E-state index is 0.0875. The first kappa shape index (κ1) is 25.3. The van der Waals surface area contributed by atoms with Gasteiger partial charge >= 0.3 is 0 Å². The van der Waals surface area contributed by atoms with Crippen LogP contribution in [0.15, 0.2) is 102 Å². The molecule has 184 valence electrons. The fourth-order valence-corrected chi connectivity index (χ4v) is 5.12. The molecule has 0 saturated heterocycles. The number of halogens is 1. The Morgan fingerprint density at radius 2 is 1.47 bits per heavy atom. The second-order valence-electron chi connectivity index (χ2n) is 8.19. The van der Waals surface area contributed by atoms with Crippen molar-refractivity contribution in [3.05, 3.63) is 113 Å². The van der Waals surface area contributed by atoms with Crippen LogP contribution in [0.1, 0.15) is 11.1 Å². The Kier molecular flexibility index (Phi) is 7.62. The molecule has 0 unspecified atom stereocenters. The zero-order valence-corrected chi connectivity index (χ0v) is 21.4. The highest BCUT2D eigenvalue weighted by Gasteiger charge is 2.27. The maximum absolute atomic E-state index is 13.6. The number of carbonyl (C=O) groups excluding carboxylic acids is 1. The first-order valence-electron chi connectivity index (χ1n) is 11.2. The van der Waals surface area contributed by atoms with Crippen LogP contribution in [-0.4, -0.2) is 20.9 Å². The van der Waals surface area contributed by atoms with E-state index in [0.717, 1.165) is 9.87 Å². The van der Waals surface area contributed by atoms with E-state index < -0.39 is 22.5 Å². The lowest BCUT2D eigenvalue weighted by molar-refractivity contribution is -0.114. The van der Waals surface area contributed by atoms with E-state index in [1.54, 1.807) is 61.5 Å². The zero-order chi connectivity index (χ0) is 25.7. The Labute approximate surface area is 216 Å². The van der Waals surface area contributed by atoms with E-state index in [4.69, 9.17) is 16.3 Å². The van der Waals surface area contributed by atoms with Gasteiger partial charge in [-0.3, -0.25) is 9.10 Å². The standard InChI is InChI=1S/C28H25ClN2O4S/c1-20-11-17-25(18-12-20)36(33,34)31(19-28(32)30-27-10-6-9-26(29)21(27)2)22-13-15-24(16-14-22)35-23-7-4-3-5-8-23/h3-18H,19H2,1-2H3,(H,30,32). The van der Waals surface area contributed by atoms with Crippen molar-refractivity contribution in [1.82, 2.24) is 0 Å². The molecule has 0 spiro atoms. The van der Waals surface area contributed by atoms with Crippen LogP contribution in [0.5, 0.6) is 11.5 Å². The summed E-state index contributed by atoms with van der Waals surface area (Å²) < 4.78 is 34.1. The largest absolute Gasteiger partial charge is 0.457 e. The molecule has 0 aliphatic carbocycles. The summed E-state index contributed by atoms with van der Waals surface area (Å²) in [4.78, 5) is 13.1. The van der Waals surface area contributed by atoms with Crippen molar-refractivity contribution >= 4 is 38.9 Å². The van der Waals surface area contributed by atoms with Crippen molar-refractivity contribution in [2.24, 2.45) is 0 Å². The highest BCUT2D eigenvalue weighted by Crippen LogP contribution is 2.29. The van der Waals surface area contributed by atoms with Gasteiger partial charge in [0.1, 0.15) is 18.0 Å². The van der Waals surface area contributed by atoms with E-state index in [-0.39, 0.29) is 4.90 Å². The molecule has 1 N–H and O–H groups in total. The molecule has 0 aliphatic heterocycles. The minimum Gasteiger partial charge on any atom is -0.457 e. The number of benzene rings is 4. The SMILES string of the molecule is Cc1ccc(S(=O)(=O)N(CC(=O)Nc2cccc(Cl)c2C)c2ccc(Oc3ccccc3)cc2)cc1. The second-order valence-corrected chi connectivity index (χ2v) is 10.5. The van der Waals surface area contributed by atoms with Crippen LogP contribution in [0.3, 0.4) is 0 Å². The van der Waals surface area contributed by atoms with Crippen LogP contribution in [-0.2, 0) is 14.8 Å². The fourth-order valence-electron chi connectivity index (χ4n) is 3.52. The average Bonchev–Trinajstić information content (AvgIpc) is 2.87. The summed E-state index contributed by atoms with van der Waals surface area (Å²) in [5.74, 6) is 0.697. The number of amides is 1. The lowest BCUT2D eigenvalue weighted by atomic mass is 10.2. The Bertz CT molecular complexity index is 1460. The van der Waals surface area contributed by atoms with Crippen LogP contribution in [0.25, 0.3) is 0 Å². The molecule has 6 nitrogen and oxygen atoms in total. The normalized spacial score (nSPS) is 11.1. The first-order valence-corrected chi connectivity index (χ1v) is 13.0. The van der Waals surface area contributed by atoms with Crippen LogP contribution in [0.2, 0.25) is 5.02 Å². The van der Waals surface area contributed by atoms with Gasteiger partial charge in [-0.25, -0.2) is 8.42 Å². The first-order chi connectivity index (χ1) is 17.2. The molecular weight excluding hydrogens is 496 g/mol. The van der Waals surface area contributed by atoms with E-state index >= 15 is 0 Å². The molecule has 0 aliphatic rings. The van der Waals surface area contributed by atoms with Gasteiger partial charge in [0.05, 0.1) is 10.6 Å².